The lowest BCUT2D eigenvalue weighted by Crippen LogP contribution is -2.27. The second-order valence-electron chi connectivity index (χ2n) is 3.94. The summed E-state index contributed by atoms with van der Waals surface area (Å²) < 4.78 is 39.7. The molecule has 0 radical (unpaired) electrons. The van der Waals surface area contributed by atoms with E-state index in [0.717, 1.165) is 0 Å². The molecule has 108 valence electrons. The molecule has 3 nitrogen and oxygen atoms in total. The van der Waals surface area contributed by atoms with E-state index in [-0.39, 0.29) is 19.7 Å². The third-order valence-electron chi connectivity index (χ3n) is 2.28. The average molecular weight is 298 g/mol. The third kappa shape index (κ3) is 7.37. The summed E-state index contributed by atoms with van der Waals surface area (Å²) in [5.74, 6) is 0. The fraction of sp³-hybridized carbons (Fsp3) is 0.500. The smallest absolute Gasteiger partial charge is 0.387 e. The van der Waals surface area contributed by atoms with E-state index in [9.17, 15) is 18.3 Å². The summed E-state index contributed by atoms with van der Waals surface area (Å²) in [5.41, 5.74) is 0.688. The molecule has 1 atom stereocenters. The zero-order valence-electron chi connectivity index (χ0n) is 10.1. The van der Waals surface area contributed by atoms with Gasteiger partial charge in [0.25, 0.3) is 0 Å². The monoisotopic (exact) mass is 297 g/mol. The summed E-state index contributed by atoms with van der Waals surface area (Å²) in [6.07, 6.45) is -5.04. The first-order valence-electron chi connectivity index (χ1n) is 5.67. The van der Waals surface area contributed by atoms with E-state index in [1.165, 1.54) is 0 Å². The van der Waals surface area contributed by atoms with Crippen LogP contribution in [0.1, 0.15) is 11.7 Å². The quantitative estimate of drug-likeness (QED) is 0.760. The van der Waals surface area contributed by atoms with Gasteiger partial charge in [0.2, 0.25) is 0 Å². The Kier molecular flexibility index (Phi) is 6.57. The van der Waals surface area contributed by atoms with Crippen molar-refractivity contribution in [3.8, 4) is 0 Å². The largest absolute Gasteiger partial charge is 0.411 e. The topological polar surface area (TPSA) is 41.5 Å². The normalized spacial score (nSPS) is 13.5. The van der Waals surface area contributed by atoms with Gasteiger partial charge >= 0.3 is 6.18 Å². The lowest BCUT2D eigenvalue weighted by Gasteiger charge is -2.13. The van der Waals surface area contributed by atoms with Crippen LogP contribution in [0.2, 0.25) is 5.02 Å². The zero-order valence-corrected chi connectivity index (χ0v) is 10.8. The Bertz CT molecular complexity index is 370. The highest BCUT2D eigenvalue weighted by Crippen LogP contribution is 2.16. The number of rotatable bonds is 7. The minimum absolute atomic E-state index is 0.0627. The standard InChI is InChI=1S/C12H15ClF3NO2/c13-10-3-1-9(2-4-10)11(18)7-17-5-6-19-8-12(14,15)16/h1-4,11,17-18H,5-8H2. The molecule has 0 aliphatic carbocycles. The van der Waals surface area contributed by atoms with Crippen molar-refractivity contribution in [2.45, 2.75) is 12.3 Å². The average Bonchev–Trinajstić information content (AvgIpc) is 2.33. The van der Waals surface area contributed by atoms with Crippen molar-refractivity contribution in [2.75, 3.05) is 26.3 Å². The Labute approximate surface area is 114 Å². The highest BCUT2D eigenvalue weighted by atomic mass is 35.5. The number of hydrogen-bond acceptors (Lipinski definition) is 3. The van der Waals surface area contributed by atoms with Crippen LogP contribution in [-0.2, 0) is 4.74 Å². The molecule has 0 saturated heterocycles. The molecule has 0 aliphatic heterocycles. The Morgan fingerprint density at radius 2 is 1.89 bits per heavy atom. The van der Waals surface area contributed by atoms with Gasteiger partial charge in [0.15, 0.2) is 0 Å². The van der Waals surface area contributed by atoms with Crippen molar-refractivity contribution < 1.29 is 23.0 Å². The second-order valence-corrected chi connectivity index (χ2v) is 4.38. The van der Waals surface area contributed by atoms with Gasteiger partial charge in [-0.15, -0.1) is 0 Å². The van der Waals surface area contributed by atoms with Crippen molar-refractivity contribution in [2.24, 2.45) is 0 Å². The molecule has 0 aliphatic rings. The predicted octanol–water partition coefficient (Wildman–Crippen LogP) is 2.54. The molecule has 0 fully saturated rings. The van der Waals surface area contributed by atoms with Crippen molar-refractivity contribution in [3.63, 3.8) is 0 Å². The maximum absolute atomic E-state index is 11.8. The van der Waals surface area contributed by atoms with Crippen LogP contribution in [0, 0.1) is 0 Å². The Balaban J connectivity index is 2.14. The first-order valence-corrected chi connectivity index (χ1v) is 6.05. The summed E-state index contributed by atoms with van der Waals surface area (Å²) in [5, 5.41) is 13.2. The van der Waals surface area contributed by atoms with Crippen molar-refractivity contribution >= 4 is 11.6 Å². The van der Waals surface area contributed by atoms with E-state index in [1.807, 2.05) is 0 Å². The Morgan fingerprint density at radius 3 is 2.47 bits per heavy atom. The van der Waals surface area contributed by atoms with Gasteiger partial charge in [0.1, 0.15) is 6.61 Å². The molecule has 1 rings (SSSR count). The van der Waals surface area contributed by atoms with E-state index >= 15 is 0 Å². The maximum atomic E-state index is 11.8. The van der Waals surface area contributed by atoms with Crippen LogP contribution in [0.5, 0.6) is 0 Å². The molecule has 1 aromatic carbocycles. The molecular weight excluding hydrogens is 283 g/mol. The number of aliphatic hydroxyl groups excluding tert-OH is 1. The minimum Gasteiger partial charge on any atom is -0.387 e. The van der Waals surface area contributed by atoms with Crippen LogP contribution in [0.15, 0.2) is 24.3 Å². The number of aliphatic hydroxyl groups is 1. The number of nitrogens with one attached hydrogen (secondary N) is 1. The lowest BCUT2D eigenvalue weighted by molar-refractivity contribution is -0.173. The van der Waals surface area contributed by atoms with Gasteiger partial charge in [-0.25, -0.2) is 0 Å². The fourth-order valence-electron chi connectivity index (χ4n) is 1.37. The Morgan fingerprint density at radius 1 is 1.26 bits per heavy atom. The van der Waals surface area contributed by atoms with Crippen LogP contribution < -0.4 is 5.32 Å². The number of hydrogen-bond donors (Lipinski definition) is 2. The molecule has 0 heterocycles. The molecule has 0 spiro atoms. The first-order chi connectivity index (χ1) is 8.88. The summed E-state index contributed by atoms with van der Waals surface area (Å²) in [4.78, 5) is 0. The van der Waals surface area contributed by atoms with Gasteiger partial charge in [0, 0.05) is 18.1 Å². The summed E-state index contributed by atoms with van der Waals surface area (Å²) in [7, 11) is 0. The summed E-state index contributed by atoms with van der Waals surface area (Å²) in [6, 6.07) is 6.70. The fourth-order valence-corrected chi connectivity index (χ4v) is 1.50. The van der Waals surface area contributed by atoms with Crippen LogP contribution in [-0.4, -0.2) is 37.6 Å². The molecule has 1 aromatic rings. The van der Waals surface area contributed by atoms with Gasteiger partial charge in [0.05, 0.1) is 12.7 Å². The van der Waals surface area contributed by atoms with E-state index in [4.69, 9.17) is 11.6 Å². The Hall–Kier alpha value is -0.820. The molecule has 19 heavy (non-hydrogen) atoms. The van der Waals surface area contributed by atoms with Gasteiger partial charge in [-0.3, -0.25) is 0 Å². The molecule has 0 amide bonds. The molecule has 0 aromatic heterocycles. The van der Waals surface area contributed by atoms with E-state index in [2.05, 4.69) is 10.1 Å². The molecule has 0 bridgehead atoms. The number of halogens is 4. The highest BCUT2D eigenvalue weighted by molar-refractivity contribution is 6.30. The van der Waals surface area contributed by atoms with Gasteiger partial charge < -0.3 is 15.2 Å². The molecule has 1 unspecified atom stereocenters. The minimum atomic E-state index is -4.30. The molecule has 7 heteroatoms. The van der Waals surface area contributed by atoms with Crippen LogP contribution in [0.25, 0.3) is 0 Å². The zero-order chi connectivity index (χ0) is 14.3. The van der Waals surface area contributed by atoms with Gasteiger partial charge in [-0.05, 0) is 17.7 Å². The third-order valence-corrected chi connectivity index (χ3v) is 2.53. The highest BCUT2D eigenvalue weighted by Gasteiger charge is 2.27. The number of benzene rings is 1. The number of alkyl halides is 3. The second kappa shape index (κ2) is 7.69. The van der Waals surface area contributed by atoms with E-state index < -0.39 is 18.9 Å². The van der Waals surface area contributed by atoms with E-state index in [1.54, 1.807) is 24.3 Å². The van der Waals surface area contributed by atoms with Crippen LogP contribution >= 0.6 is 11.6 Å². The first kappa shape index (κ1) is 16.2. The SMILES string of the molecule is OC(CNCCOCC(F)(F)F)c1ccc(Cl)cc1. The van der Waals surface area contributed by atoms with Crippen LogP contribution in [0.4, 0.5) is 13.2 Å². The van der Waals surface area contributed by atoms with Crippen molar-refractivity contribution in [3.05, 3.63) is 34.9 Å². The van der Waals surface area contributed by atoms with E-state index in [0.29, 0.717) is 10.6 Å². The summed E-state index contributed by atoms with van der Waals surface area (Å²) in [6.45, 7) is -0.848. The molecule has 2 N–H and O–H groups in total. The maximum Gasteiger partial charge on any atom is 0.411 e. The molecular formula is C12H15ClF3NO2. The number of ether oxygens (including phenoxy) is 1. The van der Waals surface area contributed by atoms with Crippen molar-refractivity contribution in [1.82, 2.24) is 5.32 Å². The van der Waals surface area contributed by atoms with Gasteiger partial charge in [-0.1, -0.05) is 23.7 Å². The van der Waals surface area contributed by atoms with Crippen LogP contribution in [0.3, 0.4) is 0 Å². The van der Waals surface area contributed by atoms with Crippen molar-refractivity contribution in [1.29, 1.82) is 0 Å². The molecule has 0 saturated carbocycles. The summed E-state index contributed by atoms with van der Waals surface area (Å²) >= 11 is 5.71. The lowest BCUT2D eigenvalue weighted by atomic mass is 10.1. The predicted molar refractivity (Wildman–Crippen MR) is 66.2 cm³/mol. The van der Waals surface area contributed by atoms with Gasteiger partial charge in [-0.2, -0.15) is 13.2 Å².